The summed E-state index contributed by atoms with van der Waals surface area (Å²) >= 11 is 0. The highest BCUT2D eigenvalue weighted by Crippen LogP contribution is 2.51. The van der Waals surface area contributed by atoms with Crippen molar-refractivity contribution in [3.05, 3.63) is 156 Å². The van der Waals surface area contributed by atoms with E-state index in [0.29, 0.717) is 30.5 Å². The summed E-state index contributed by atoms with van der Waals surface area (Å²) in [6.07, 6.45) is 4.84. The van der Waals surface area contributed by atoms with E-state index < -0.39 is 27.3 Å². The van der Waals surface area contributed by atoms with Gasteiger partial charge in [0.25, 0.3) is 8.32 Å². The molecule has 1 aliphatic carbocycles. The summed E-state index contributed by atoms with van der Waals surface area (Å²) in [5.74, 6) is -2.08. The molecule has 0 bridgehead atoms. The highest BCUT2D eigenvalue weighted by Gasteiger charge is 2.58. The van der Waals surface area contributed by atoms with Crippen molar-refractivity contribution in [3.63, 3.8) is 0 Å². The summed E-state index contributed by atoms with van der Waals surface area (Å²) in [6, 6.07) is 40.2. The molecule has 0 saturated carbocycles. The molecule has 4 atom stereocenters. The molecule has 300 valence electrons. The summed E-state index contributed by atoms with van der Waals surface area (Å²) < 4.78 is 14.2. The summed E-state index contributed by atoms with van der Waals surface area (Å²) in [4.78, 5) is 34.9. The van der Waals surface area contributed by atoms with Crippen LogP contribution in [-0.4, -0.2) is 66.7 Å². The lowest BCUT2D eigenvalue weighted by molar-refractivity contribution is -0.122. The number of phenolic OH excluding ortho intramolecular Hbond substituents is 1. The minimum Gasteiger partial charge on any atom is -0.507 e. The number of amides is 2. The SMILES string of the molecule is CC(C)(C)[Si](OCC1=C2[C@@H](CC/C(=C/c3ccccc3O)c3ccccn3)OC[C@@H]2[C@@H]2C(=O)N(c3cccc(B(O)O)c3)C(=O)[C@@H]2C1)(c1ccccc1)c1ccccc1. The maximum absolute atomic E-state index is 14.5. The number of benzene rings is 4. The number of carbonyl (C=O) groups excluding carboxylic acids is 2. The Bertz CT molecular complexity index is 2340. The molecule has 1 aromatic heterocycles. The zero-order chi connectivity index (χ0) is 41.3. The van der Waals surface area contributed by atoms with E-state index in [1.165, 1.54) is 11.0 Å². The molecule has 2 saturated heterocycles. The first-order valence-corrected chi connectivity index (χ1v) is 22.2. The first-order chi connectivity index (χ1) is 28.5. The molecule has 59 heavy (non-hydrogen) atoms. The number of pyridine rings is 1. The van der Waals surface area contributed by atoms with E-state index in [1.54, 1.807) is 36.5 Å². The van der Waals surface area contributed by atoms with Crippen LogP contribution in [0, 0.1) is 17.8 Å². The van der Waals surface area contributed by atoms with Crippen molar-refractivity contribution >= 4 is 60.4 Å². The molecule has 0 unspecified atom stereocenters. The maximum atomic E-state index is 14.5. The van der Waals surface area contributed by atoms with E-state index in [1.807, 2.05) is 48.5 Å². The smallest absolute Gasteiger partial charge is 0.488 e. The molecule has 3 heterocycles. The summed E-state index contributed by atoms with van der Waals surface area (Å²) in [5.41, 5.74) is 4.93. The number of aromatic hydroxyl groups is 1. The predicted molar refractivity (Wildman–Crippen MR) is 234 cm³/mol. The van der Waals surface area contributed by atoms with Crippen LogP contribution in [0.4, 0.5) is 5.69 Å². The van der Waals surface area contributed by atoms with Crippen LogP contribution < -0.4 is 20.7 Å². The van der Waals surface area contributed by atoms with Crippen LogP contribution in [-0.2, 0) is 18.8 Å². The van der Waals surface area contributed by atoms with Gasteiger partial charge in [0.1, 0.15) is 5.75 Å². The monoisotopic (exact) mass is 804 g/mol. The molecule has 2 fully saturated rings. The lowest BCUT2D eigenvalue weighted by Gasteiger charge is -2.44. The van der Waals surface area contributed by atoms with Crippen LogP contribution in [0.3, 0.4) is 0 Å². The molecular weight excluding hydrogens is 755 g/mol. The quantitative estimate of drug-likeness (QED) is 0.0811. The zero-order valence-electron chi connectivity index (χ0n) is 33.6. The van der Waals surface area contributed by atoms with Crippen LogP contribution in [0.1, 0.15) is 51.3 Å². The zero-order valence-corrected chi connectivity index (χ0v) is 34.6. The number of carbonyl (C=O) groups is 2. The molecule has 0 radical (unpaired) electrons. The molecule has 5 aromatic rings. The van der Waals surface area contributed by atoms with Gasteiger partial charge in [0.05, 0.1) is 42.5 Å². The predicted octanol–water partition coefficient (Wildman–Crippen LogP) is 5.89. The minimum absolute atomic E-state index is 0.176. The van der Waals surface area contributed by atoms with Crippen LogP contribution in [0.5, 0.6) is 5.75 Å². The van der Waals surface area contributed by atoms with Crippen molar-refractivity contribution in [2.75, 3.05) is 18.1 Å². The molecule has 4 aromatic carbocycles. The van der Waals surface area contributed by atoms with Gasteiger partial charge in [0.15, 0.2) is 0 Å². The molecular formula is C48H49BN2O7Si. The molecule has 11 heteroatoms. The van der Waals surface area contributed by atoms with Crippen molar-refractivity contribution < 1.29 is 33.9 Å². The molecule has 9 nitrogen and oxygen atoms in total. The van der Waals surface area contributed by atoms with Crippen LogP contribution in [0.2, 0.25) is 5.04 Å². The van der Waals surface area contributed by atoms with E-state index in [0.717, 1.165) is 32.8 Å². The number of hydrogen-bond acceptors (Lipinski definition) is 8. The Balaban J connectivity index is 1.20. The van der Waals surface area contributed by atoms with Gasteiger partial charge in [-0.25, -0.2) is 0 Å². The summed E-state index contributed by atoms with van der Waals surface area (Å²) in [6.45, 7) is 7.25. The second kappa shape index (κ2) is 16.7. The third-order valence-corrected chi connectivity index (χ3v) is 17.2. The number of imide groups is 1. The van der Waals surface area contributed by atoms with Crippen molar-refractivity contribution in [2.45, 2.75) is 51.2 Å². The van der Waals surface area contributed by atoms with Gasteiger partial charge in [-0.15, -0.1) is 0 Å². The van der Waals surface area contributed by atoms with Gasteiger partial charge in [0, 0.05) is 17.7 Å². The number of anilines is 1. The van der Waals surface area contributed by atoms with Crippen molar-refractivity contribution in [2.24, 2.45) is 17.8 Å². The number of nitrogens with zero attached hydrogens (tertiary/aromatic N) is 2. The maximum Gasteiger partial charge on any atom is 0.488 e. The Kier molecular flexibility index (Phi) is 11.4. The molecule has 8 rings (SSSR count). The van der Waals surface area contributed by atoms with Gasteiger partial charge >= 0.3 is 7.12 Å². The number of phenols is 1. The Labute approximate surface area is 347 Å². The van der Waals surface area contributed by atoms with Crippen molar-refractivity contribution in [1.29, 1.82) is 0 Å². The van der Waals surface area contributed by atoms with Crippen molar-refractivity contribution in [3.8, 4) is 5.75 Å². The molecule has 0 spiro atoms. The average Bonchev–Trinajstić information content (AvgIpc) is 3.78. The fourth-order valence-corrected chi connectivity index (χ4v) is 14.1. The molecule has 3 aliphatic rings. The van der Waals surface area contributed by atoms with Gasteiger partial charge in [-0.3, -0.25) is 19.5 Å². The average molecular weight is 805 g/mol. The number of rotatable bonds is 12. The molecule has 3 N–H and O–H groups in total. The lowest BCUT2D eigenvalue weighted by Crippen LogP contribution is -2.66. The first-order valence-electron chi connectivity index (χ1n) is 20.3. The van der Waals surface area contributed by atoms with E-state index in [2.05, 4.69) is 74.3 Å². The highest BCUT2D eigenvalue weighted by atomic mass is 28.4. The fourth-order valence-electron chi connectivity index (χ4n) is 9.55. The van der Waals surface area contributed by atoms with Crippen LogP contribution in [0.25, 0.3) is 11.6 Å². The number of para-hydroxylation sites is 1. The Morgan fingerprint density at radius 2 is 1.54 bits per heavy atom. The number of allylic oxidation sites excluding steroid dienone is 1. The number of fused-ring (bicyclic) bond motifs is 3. The standard InChI is InChI=1S/C48H49BN2O7Si/c1-48(2,3)59(37-18-6-4-7-19-37,38-20-8-5-9-21-38)58-30-34-28-39-45(47(54)51(46(39)53)36-17-14-16-35(29-36)49(55)56)40-31-57-43(44(34)40)25-24-32(41-22-12-13-26-50-41)27-33-15-10-11-23-42(33)52/h4-23,26-27,29,39-40,43,45,52,55-56H,24-25,28,30-31H2,1-3H3/b32-27-/t39-,40+,43-,45-/m1/s1. The van der Waals surface area contributed by atoms with Crippen molar-refractivity contribution in [1.82, 2.24) is 4.98 Å². The lowest BCUT2D eigenvalue weighted by atomic mass is 9.69. The van der Waals surface area contributed by atoms with E-state index in [4.69, 9.17) is 9.16 Å². The van der Waals surface area contributed by atoms with Crippen LogP contribution in [0.15, 0.2) is 145 Å². The Morgan fingerprint density at radius 1 is 0.864 bits per heavy atom. The number of hydrogen-bond donors (Lipinski definition) is 3. The summed E-state index contributed by atoms with van der Waals surface area (Å²) in [5, 5.41) is 32.6. The fraction of sp³-hybridized carbons (Fsp3) is 0.271. The van der Waals surface area contributed by atoms with Crippen LogP contribution >= 0.6 is 0 Å². The third kappa shape index (κ3) is 7.65. The second-order valence-corrected chi connectivity index (χ2v) is 21.0. The van der Waals surface area contributed by atoms with Gasteiger partial charge < -0.3 is 24.3 Å². The third-order valence-electron chi connectivity index (χ3n) is 12.3. The van der Waals surface area contributed by atoms with E-state index in [9.17, 15) is 24.7 Å². The van der Waals surface area contributed by atoms with Gasteiger partial charge in [-0.1, -0.05) is 118 Å². The topological polar surface area (TPSA) is 129 Å². The molecule has 2 aliphatic heterocycles. The minimum atomic E-state index is -3.00. The van der Waals surface area contributed by atoms with Gasteiger partial charge in [-0.05, 0) is 93.3 Å². The number of aromatic nitrogens is 1. The van der Waals surface area contributed by atoms with Gasteiger partial charge in [0.2, 0.25) is 11.8 Å². The van der Waals surface area contributed by atoms with E-state index >= 15 is 0 Å². The number of ether oxygens (including phenoxy) is 1. The molecule has 2 amide bonds. The summed E-state index contributed by atoms with van der Waals surface area (Å²) in [7, 11) is -4.75. The normalized spacial score (nSPS) is 20.8. The first kappa shape index (κ1) is 40.4. The van der Waals surface area contributed by atoms with Gasteiger partial charge in [-0.2, -0.15) is 0 Å². The largest absolute Gasteiger partial charge is 0.507 e. The highest BCUT2D eigenvalue weighted by molar-refractivity contribution is 6.99. The Hall–Kier alpha value is -5.43. The Morgan fingerprint density at radius 3 is 2.19 bits per heavy atom. The second-order valence-electron chi connectivity index (χ2n) is 16.7. The van der Waals surface area contributed by atoms with E-state index in [-0.39, 0.29) is 53.3 Å².